The highest BCUT2D eigenvalue weighted by molar-refractivity contribution is 5.71. The number of rotatable bonds is 63. The molecule has 79 heavy (non-hydrogen) atoms. The summed E-state index contributed by atoms with van der Waals surface area (Å²) in [5.41, 5.74) is 0. The SMILES string of the molecule is CC/C=C\C/C=C\C/C=C\C/C=C\CCCCCCCCCCCCCCCCCCC(=O)OCC(COC(=O)CCCCCCC/C=C\CCCCCC)OC(=O)CCCCCCCCCCC/C=C\CCCCCCCC. The van der Waals surface area contributed by atoms with Crippen molar-refractivity contribution >= 4 is 17.9 Å². The van der Waals surface area contributed by atoms with Crippen LogP contribution in [-0.2, 0) is 28.6 Å². The Kier molecular flexibility index (Phi) is 64.7. The van der Waals surface area contributed by atoms with E-state index in [1.807, 2.05) is 0 Å². The maximum atomic E-state index is 12.9. The van der Waals surface area contributed by atoms with Gasteiger partial charge < -0.3 is 14.2 Å². The van der Waals surface area contributed by atoms with Crippen LogP contribution >= 0.6 is 0 Å². The molecule has 6 heteroatoms. The lowest BCUT2D eigenvalue weighted by Crippen LogP contribution is -2.30. The summed E-state index contributed by atoms with van der Waals surface area (Å²) in [5.74, 6) is -0.867. The van der Waals surface area contributed by atoms with Gasteiger partial charge in [-0.2, -0.15) is 0 Å². The number of carbonyl (C=O) groups excluding carboxylic acids is 3. The van der Waals surface area contributed by atoms with E-state index in [4.69, 9.17) is 14.2 Å². The highest BCUT2D eigenvalue weighted by atomic mass is 16.6. The van der Waals surface area contributed by atoms with E-state index in [1.54, 1.807) is 0 Å². The molecule has 0 aromatic heterocycles. The zero-order valence-corrected chi connectivity index (χ0v) is 52.6. The number of hydrogen-bond donors (Lipinski definition) is 0. The third kappa shape index (κ3) is 65.5. The third-order valence-electron chi connectivity index (χ3n) is 15.2. The molecule has 0 amide bonds. The summed E-state index contributed by atoms with van der Waals surface area (Å²) in [4.78, 5) is 38.4. The summed E-state index contributed by atoms with van der Waals surface area (Å²) < 4.78 is 17.0. The number of unbranched alkanes of at least 4 members (excludes halogenated alkanes) is 40. The number of allylic oxidation sites excluding steroid dienone is 12. The Morgan fingerprint density at radius 1 is 0.266 bits per heavy atom. The highest BCUT2D eigenvalue weighted by Gasteiger charge is 2.19. The van der Waals surface area contributed by atoms with Crippen molar-refractivity contribution < 1.29 is 28.6 Å². The van der Waals surface area contributed by atoms with Gasteiger partial charge in [0, 0.05) is 19.3 Å². The van der Waals surface area contributed by atoms with Crippen molar-refractivity contribution in [1.82, 2.24) is 0 Å². The van der Waals surface area contributed by atoms with Gasteiger partial charge in [-0.25, -0.2) is 0 Å². The van der Waals surface area contributed by atoms with E-state index in [0.29, 0.717) is 19.3 Å². The van der Waals surface area contributed by atoms with Gasteiger partial charge in [-0.1, -0.05) is 299 Å². The molecular weight excluding hydrogens is 973 g/mol. The molecule has 0 bridgehead atoms. The number of ether oxygens (including phenoxy) is 3. The zero-order chi connectivity index (χ0) is 57.1. The van der Waals surface area contributed by atoms with Crippen molar-refractivity contribution in [2.75, 3.05) is 13.2 Å². The van der Waals surface area contributed by atoms with Gasteiger partial charge in [0.15, 0.2) is 6.10 Å². The first kappa shape index (κ1) is 75.8. The Balaban J connectivity index is 4.22. The van der Waals surface area contributed by atoms with Gasteiger partial charge in [-0.15, -0.1) is 0 Å². The topological polar surface area (TPSA) is 78.9 Å². The summed E-state index contributed by atoms with van der Waals surface area (Å²) >= 11 is 0. The minimum atomic E-state index is -0.779. The molecule has 0 heterocycles. The predicted octanol–water partition coefficient (Wildman–Crippen LogP) is 23.7. The van der Waals surface area contributed by atoms with Crippen molar-refractivity contribution in [3.05, 3.63) is 72.9 Å². The molecule has 6 nitrogen and oxygen atoms in total. The zero-order valence-electron chi connectivity index (χ0n) is 52.6. The molecule has 0 aromatic rings. The van der Waals surface area contributed by atoms with Gasteiger partial charge in [-0.3, -0.25) is 14.4 Å². The largest absolute Gasteiger partial charge is 0.462 e. The fraction of sp³-hybridized carbons (Fsp3) is 0.795. The van der Waals surface area contributed by atoms with Crippen LogP contribution in [0.4, 0.5) is 0 Å². The molecule has 1 unspecified atom stereocenters. The minimum absolute atomic E-state index is 0.0751. The maximum Gasteiger partial charge on any atom is 0.306 e. The average molecular weight is 1100 g/mol. The van der Waals surface area contributed by atoms with Crippen LogP contribution in [0.2, 0.25) is 0 Å². The smallest absolute Gasteiger partial charge is 0.306 e. The first-order valence-corrected chi connectivity index (χ1v) is 34.4. The van der Waals surface area contributed by atoms with E-state index in [9.17, 15) is 14.4 Å². The van der Waals surface area contributed by atoms with Gasteiger partial charge >= 0.3 is 17.9 Å². The third-order valence-corrected chi connectivity index (χ3v) is 15.2. The second-order valence-corrected chi connectivity index (χ2v) is 23.1. The van der Waals surface area contributed by atoms with E-state index in [-0.39, 0.29) is 31.1 Å². The van der Waals surface area contributed by atoms with Crippen LogP contribution in [0.15, 0.2) is 72.9 Å². The quantitative estimate of drug-likeness (QED) is 0.0261. The Bertz CT molecular complexity index is 1450. The van der Waals surface area contributed by atoms with Gasteiger partial charge in [0.1, 0.15) is 13.2 Å². The predicted molar refractivity (Wildman–Crippen MR) is 344 cm³/mol. The molecule has 0 fully saturated rings. The van der Waals surface area contributed by atoms with E-state index in [2.05, 4.69) is 93.7 Å². The lowest BCUT2D eigenvalue weighted by molar-refractivity contribution is -0.167. The van der Waals surface area contributed by atoms with Crippen LogP contribution in [0.1, 0.15) is 355 Å². The number of carbonyl (C=O) groups is 3. The monoisotopic (exact) mass is 1100 g/mol. The molecule has 0 spiro atoms. The molecular formula is C73H130O6. The molecule has 0 saturated carbocycles. The Morgan fingerprint density at radius 2 is 0.494 bits per heavy atom. The van der Waals surface area contributed by atoms with Crippen LogP contribution in [0.25, 0.3) is 0 Å². The van der Waals surface area contributed by atoms with Gasteiger partial charge in [0.05, 0.1) is 0 Å². The van der Waals surface area contributed by atoms with E-state index in [1.165, 1.54) is 225 Å². The normalized spacial score (nSPS) is 12.5. The molecule has 0 aliphatic rings. The fourth-order valence-corrected chi connectivity index (χ4v) is 10.0. The average Bonchev–Trinajstić information content (AvgIpc) is 3.45. The molecule has 0 N–H and O–H groups in total. The van der Waals surface area contributed by atoms with Crippen LogP contribution in [0, 0.1) is 0 Å². The van der Waals surface area contributed by atoms with E-state index >= 15 is 0 Å². The van der Waals surface area contributed by atoms with Crippen LogP contribution < -0.4 is 0 Å². The molecule has 0 saturated heterocycles. The molecule has 0 rings (SSSR count). The van der Waals surface area contributed by atoms with Crippen LogP contribution in [0.3, 0.4) is 0 Å². The van der Waals surface area contributed by atoms with E-state index in [0.717, 1.165) is 89.9 Å². The second kappa shape index (κ2) is 67.4. The molecule has 1 atom stereocenters. The first-order chi connectivity index (χ1) is 39.0. The lowest BCUT2D eigenvalue weighted by Gasteiger charge is -2.18. The van der Waals surface area contributed by atoms with Crippen molar-refractivity contribution in [2.45, 2.75) is 361 Å². The molecule has 0 radical (unpaired) electrons. The maximum absolute atomic E-state index is 12.9. The van der Waals surface area contributed by atoms with E-state index < -0.39 is 6.10 Å². The Hall–Kier alpha value is -3.15. The molecule has 0 aliphatic carbocycles. The number of esters is 3. The molecule has 0 aromatic carbocycles. The molecule has 0 aliphatic heterocycles. The Morgan fingerprint density at radius 3 is 0.797 bits per heavy atom. The standard InChI is InChI=1S/C73H130O6/c1-4-7-10-13-16-19-22-25-27-29-31-32-33-34-35-36-37-38-39-40-42-43-45-48-51-54-57-60-63-66-72(75)78-69-70(68-77-71(74)65-62-59-56-53-50-47-24-21-18-15-12-9-6-3)79-73(76)67-64-61-58-55-52-49-46-44-41-30-28-26-23-20-17-14-11-8-5-2/h7,10,16,19,21,24-28,31-32,70H,4-6,8-9,11-15,17-18,20,22-23,29-30,33-69H2,1-3H3/b10-7-,19-16-,24-21-,27-25-,28-26-,32-31-. The van der Waals surface area contributed by atoms with Crippen molar-refractivity contribution in [2.24, 2.45) is 0 Å². The summed E-state index contributed by atoms with van der Waals surface area (Å²) in [6, 6.07) is 0. The van der Waals surface area contributed by atoms with Crippen molar-refractivity contribution in [3.8, 4) is 0 Å². The van der Waals surface area contributed by atoms with Gasteiger partial charge in [0.25, 0.3) is 0 Å². The summed E-state index contributed by atoms with van der Waals surface area (Å²) in [6.45, 7) is 6.55. The summed E-state index contributed by atoms with van der Waals surface area (Å²) in [6.07, 6.45) is 87.8. The summed E-state index contributed by atoms with van der Waals surface area (Å²) in [5, 5.41) is 0. The van der Waals surface area contributed by atoms with Gasteiger partial charge in [0.2, 0.25) is 0 Å². The first-order valence-electron chi connectivity index (χ1n) is 34.4. The van der Waals surface area contributed by atoms with Crippen molar-refractivity contribution in [3.63, 3.8) is 0 Å². The fourth-order valence-electron chi connectivity index (χ4n) is 10.0. The number of hydrogen-bond acceptors (Lipinski definition) is 6. The molecule has 458 valence electrons. The van der Waals surface area contributed by atoms with Crippen LogP contribution in [-0.4, -0.2) is 37.2 Å². The van der Waals surface area contributed by atoms with Crippen LogP contribution in [0.5, 0.6) is 0 Å². The second-order valence-electron chi connectivity index (χ2n) is 23.1. The summed E-state index contributed by atoms with van der Waals surface area (Å²) in [7, 11) is 0. The lowest BCUT2D eigenvalue weighted by atomic mass is 10.0. The van der Waals surface area contributed by atoms with Gasteiger partial charge in [-0.05, 0) is 109 Å². The van der Waals surface area contributed by atoms with Crippen molar-refractivity contribution in [1.29, 1.82) is 0 Å². The Labute approximate surface area is 491 Å². The minimum Gasteiger partial charge on any atom is -0.462 e. The highest BCUT2D eigenvalue weighted by Crippen LogP contribution is 2.17.